The first-order chi connectivity index (χ1) is 13.6. The molecule has 1 aliphatic carbocycles. The zero-order chi connectivity index (χ0) is 19.9. The van der Waals surface area contributed by atoms with Gasteiger partial charge in [-0.15, -0.1) is 23.1 Å². The number of benzene rings is 1. The van der Waals surface area contributed by atoms with Gasteiger partial charge in [0.2, 0.25) is 5.91 Å². The third-order valence-corrected chi connectivity index (χ3v) is 7.10. The number of thiazole rings is 1. The molecule has 1 N–H and O–H groups in total. The van der Waals surface area contributed by atoms with Crippen molar-refractivity contribution in [2.24, 2.45) is 0 Å². The van der Waals surface area contributed by atoms with E-state index in [1.807, 2.05) is 25.1 Å². The molecule has 1 aromatic heterocycles. The Kier molecular flexibility index (Phi) is 7.62. The SMILES string of the molecule is COc1ccc(-c2nc(CSC(C)C(=O)NC3CCCCC3)cs2)cc1OC. The van der Waals surface area contributed by atoms with Crippen LogP contribution in [0.2, 0.25) is 0 Å². The van der Waals surface area contributed by atoms with Crippen molar-refractivity contribution >= 4 is 29.0 Å². The van der Waals surface area contributed by atoms with Crippen molar-refractivity contribution in [2.75, 3.05) is 14.2 Å². The van der Waals surface area contributed by atoms with Gasteiger partial charge in [0.25, 0.3) is 0 Å². The van der Waals surface area contributed by atoms with E-state index in [2.05, 4.69) is 10.7 Å². The van der Waals surface area contributed by atoms with Gasteiger partial charge in [0.05, 0.1) is 25.2 Å². The highest BCUT2D eigenvalue weighted by atomic mass is 32.2. The van der Waals surface area contributed by atoms with Crippen LogP contribution in [0.3, 0.4) is 0 Å². The normalized spacial score (nSPS) is 15.8. The van der Waals surface area contributed by atoms with E-state index in [0.717, 1.165) is 34.9 Å². The van der Waals surface area contributed by atoms with Crippen molar-refractivity contribution in [1.29, 1.82) is 0 Å². The maximum atomic E-state index is 12.4. The fourth-order valence-corrected chi connectivity index (χ4v) is 5.04. The lowest BCUT2D eigenvalue weighted by atomic mass is 9.95. The summed E-state index contributed by atoms with van der Waals surface area (Å²) in [4.78, 5) is 17.1. The number of thioether (sulfide) groups is 1. The molecular formula is C21H28N2O3S2. The number of aromatic nitrogens is 1. The van der Waals surface area contributed by atoms with Crippen LogP contribution in [0.1, 0.15) is 44.7 Å². The van der Waals surface area contributed by atoms with Crippen LogP contribution in [0, 0.1) is 0 Å². The van der Waals surface area contributed by atoms with E-state index in [9.17, 15) is 4.79 Å². The standard InChI is InChI=1S/C21H28N2O3S2/c1-14(20(24)22-16-7-5-4-6-8-16)27-12-17-13-28-21(23-17)15-9-10-18(25-2)19(11-15)26-3/h9-11,13-14,16H,4-8,12H2,1-3H3,(H,22,24). The van der Waals surface area contributed by atoms with E-state index in [1.54, 1.807) is 37.3 Å². The van der Waals surface area contributed by atoms with Gasteiger partial charge in [-0.05, 0) is 38.0 Å². The molecule has 0 radical (unpaired) electrons. The minimum atomic E-state index is -0.0758. The zero-order valence-electron chi connectivity index (χ0n) is 16.7. The summed E-state index contributed by atoms with van der Waals surface area (Å²) in [6.45, 7) is 1.98. The average Bonchev–Trinajstić information content (AvgIpc) is 3.21. The predicted octanol–water partition coefficient (Wildman–Crippen LogP) is 4.90. The maximum absolute atomic E-state index is 12.4. The van der Waals surface area contributed by atoms with Crippen LogP contribution in [0.5, 0.6) is 11.5 Å². The fraction of sp³-hybridized carbons (Fsp3) is 0.524. The summed E-state index contributed by atoms with van der Waals surface area (Å²) in [6, 6.07) is 6.17. The molecule has 1 aromatic carbocycles. The highest BCUT2D eigenvalue weighted by molar-refractivity contribution is 7.99. The smallest absolute Gasteiger partial charge is 0.233 e. The average molecular weight is 421 g/mol. The molecule has 0 saturated heterocycles. The van der Waals surface area contributed by atoms with Gasteiger partial charge in [-0.2, -0.15) is 0 Å². The summed E-state index contributed by atoms with van der Waals surface area (Å²) in [7, 11) is 3.26. The summed E-state index contributed by atoms with van der Waals surface area (Å²) in [5.41, 5.74) is 2.00. The Morgan fingerprint density at radius 3 is 2.71 bits per heavy atom. The van der Waals surface area contributed by atoms with E-state index >= 15 is 0 Å². The first-order valence-electron chi connectivity index (χ1n) is 9.69. The van der Waals surface area contributed by atoms with Crippen LogP contribution in [-0.4, -0.2) is 36.4 Å². The number of amides is 1. The second-order valence-electron chi connectivity index (χ2n) is 7.01. The number of hydrogen-bond donors (Lipinski definition) is 1. The van der Waals surface area contributed by atoms with E-state index < -0.39 is 0 Å². The van der Waals surface area contributed by atoms with Gasteiger partial charge in [-0.3, -0.25) is 4.79 Å². The van der Waals surface area contributed by atoms with E-state index in [4.69, 9.17) is 14.5 Å². The lowest BCUT2D eigenvalue weighted by Gasteiger charge is -2.24. The van der Waals surface area contributed by atoms with Crippen LogP contribution < -0.4 is 14.8 Å². The second-order valence-corrected chi connectivity index (χ2v) is 9.20. The molecule has 152 valence electrons. The van der Waals surface area contributed by atoms with E-state index in [-0.39, 0.29) is 11.2 Å². The highest BCUT2D eigenvalue weighted by Crippen LogP contribution is 2.34. The molecule has 0 aliphatic heterocycles. The molecule has 7 heteroatoms. The lowest BCUT2D eigenvalue weighted by molar-refractivity contribution is -0.121. The Morgan fingerprint density at radius 1 is 1.25 bits per heavy atom. The quantitative estimate of drug-likeness (QED) is 0.658. The number of nitrogens with zero attached hydrogens (tertiary/aromatic N) is 1. The third-order valence-electron chi connectivity index (χ3n) is 4.98. The molecule has 1 unspecified atom stereocenters. The van der Waals surface area contributed by atoms with Crippen molar-refractivity contribution in [1.82, 2.24) is 10.3 Å². The summed E-state index contributed by atoms with van der Waals surface area (Å²) < 4.78 is 10.7. The molecular weight excluding hydrogens is 392 g/mol. The van der Waals surface area contributed by atoms with Gasteiger partial charge in [-0.1, -0.05) is 19.3 Å². The molecule has 0 spiro atoms. The molecule has 1 saturated carbocycles. The molecule has 1 aliphatic rings. The number of methoxy groups -OCH3 is 2. The van der Waals surface area contributed by atoms with Gasteiger partial charge >= 0.3 is 0 Å². The minimum Gasteiger partial charge on any atom is -0.493 e. The molecule has 1 fully saturated rings. The third kappa shape index (κ3) is 5.41. The lowest BCUT2D eigenvalue weighted by Crippen LogP contribution is -2.40. The number of carbonyl (C=O) groups is 1. The van der Waals surface area contributed by atoms with Gasteiger partial charge in [0.15, 0.2) is 11.5 Å². The molecule has 1 heterocycles. The van der Waals surface area contributed by atoms with Crippen LogP contribution in [0.25, 0.3) is 10.6 Å². The molecule has 1 amide bonds. The molecule has 0 bridgehead atoms. The summed E-state index contributed by atoms with van der Waals surface area (Å²) in [5, 5.41) is 6.13. The Bertz CT molecular complexity index is 788. The highest BCUT2D eigenvalue weighted by Gasteiger charge is 2.20. The van der Waals surface area contributed by atoms with Crippen LogP contribution in [0.15, 0.2) is 23.6 Å². The number of hydrogen-bond acceptors (Lipinski definition) is 6. The number of rotatable bonds is 8. The molecule has 1 atom stereocenters. The Morgan fingerprint density at radius 2 is 2.00 bits per heavy atom. The van der Waals surface area contributed by atoms with Gasteiger partial charge < -0.3 is 14.8 Å². The Balaban J connectivity index is 1.55. The Labute approximate surface area is 175 Å². The topological polar surface area (TPSA) is 60.5 Å². The first-order valence-corrected chi connectivity index (χ1v) is 11.6. The Hall–Kier alpha value is -1.73. The molecule has 2 aromatic rings. The number of nitrogens with one attached hydrogen (secondary N) is 1. The molecule has 28 heavy (non-hydrogen) atoms. The summed E-state index contributed by atoms with van der Waals surface area (Å²) >= 11 is 3.24. The van der Waals surface area contributed by atoms with Crippen molar-refractivity contribution in [3.8, 4) is 22.1 Å². The number of ether oxygens (including phenoxy) is 2. The molecule has 5 nitrogen and oxygen atoms in total. The largest absolute Gasteiger partial charge is 0.493 e. The monoisotopic (exact) mass is 420 g/mol. The fourth-order valence-electron chi connectivity index (χ4n) is 3.33. The zero-order valence-corrected chi connectivity index (χ0v) is 18.3. The van der Waals surface area contributed by atoms with Crippen molar-refractivity contribution in [3.05, 3.63) is 29.3 Å². The number of carbonyl (C=O) groups excluding carboxylic acids is 1. The van der Waals surface area contributed by atoms with Crippen LogP contribution in [-0.2, 0) is 10.5 Å². The van der Waals surface area contributed by atoms with Crippen molar-refractivity contribution < 1.29 is 14.3 Å². The molecule has 3 rings (SSSR count). The summed E-state index contributed by atoms with van der Waals surface area (Å²) in [5.74, 6) is 2.27. The maximum Gasteiger partial charge on any atom is 0.233 e. The van der Waals surface area contributed by atoms with Gasteiger partial charge in [0.1, 0.15) is 5.01 Å². The van der Waals surface area contributed by atoms with E-state index in [0.29, 0.717) is 17.5 Å². The van der Waals surface area contributed by atoms with Gasteiger partial charge in [0, 0.05) is 22.7 Å². The van der Waals surface area contributed by atoms with Crippen molar-refractivity contribution in [3.63, 3.8) is 0 Å². The summed E-state index contributed by atoms with van der Waals surface area (Å²) in [6.07, 6.45) is 5.98. The van der Waals surface area contributed by atoms with Crippen molar-refractivity contribution in [2.45, 2.75) is 56.1 Å². The first kappa shape index (κ1) is 21.0. The predicted molar refractivity (Wildman–Crippen MR) is 116 cm³/mol. The van der Waals surface area contributed by atoms with Crippen LogP contribution in [0.4, 0.5) is 0 Å². The van der Waals surface area contributed by atoms with E-state index in [1.165, 1.54) is 19.3 Å². The second kappa shape index (κ2) is 10.2. The van der Waals surface area contributed by atoms with Crippen LogP contribution >= 0.6 is 23.1 Å². The minimum absolute atomic E-state index is 0.0758. The van der Waals surface area contributed by atoms with Gasteiger partial charge in [-0.25, -0.2) is 4.98 Å².